The maximum atomic E-state index is 13.9. The molecule has 0 aliphatic rings. The second-order valence-corrected chi connectivity index (χ2v) is 8.23. The number of carboxylic acid groups (broad SMARTS) is 1. The number of urea groups is 1. The second-order valence-electron chi connectivity index (χ2n) is 6.54. The zero-order chi connectivity index (χ0) is 23.5. The number of hydrogen-bond donors (Lipinski definition) is 5. The van der Waals surface area contributed by atoms with Gasteiger partial charge >= 0.3 is 12.0 Å². The first-order valence-corrected chi connectivity index (χ1v) is 11.2. The molecule has 10 nitrogen and oxygen atoms in total. The number of amides is 2. The van der Waals surface area contributed by atoms with Crippen molar-refractivity contribution in [1.82, 2.24) is 14.6 Å². The van der Waals surface area contributed by atoms with E-state index in [4.69, 9.17) is 14.9 Å². The average Bonchev–Trinajstić information content (AvgIpc) is 3.13. The van der Waals surface area contributed by atoms with Gasteiger partial charge in [-0.15, -0.1) is 0 Å². The van der Waals surface area contributed by atoms with Crippen LogP contribution in [-0.2, 0) is 6.61 Å². The van der Waals surface area contributed by atoms with Gasteiger partial charge in [0.25, 0.3) is 0 Å². The van der Waals surface area contributed by atoms with Crippen LogP contribution in [0.2, 0.25) is 0 Å². The molecule has 1 heterocycles. The summed E-state index contributed by atoms with van der Waals surface area (Å²) in [5.41, 5.74) is -0.0963. The summed E-state index contributed by atoms with van der Waals surface area (Å²) in [5, 5.41) is 32.5. The summed E-state index contributed by atoms with van der Waals surface area (Å²) in [6.45, 7) is 1.41. The molecule has 2 rings (SSSR count). The van der Waals surface area contributed by atoms with Gasteiger partial charge < -0.3 is 25.4 Å². The fourth-order valence-electron chi connectivity index (χ4n) is 2.70. The van der Waals surface area contributed by atoms with Crippen LogP contribution in [-0.4, -0.2) is 76.0 Å². The lowest BCUT2D eigenvalue weighted by Crippen LogP contribution is -2.34. The third-order valence-electron chi connectivity index (χ3n) is 4.25. The van der Waals surface area contributed by atoms with Crippen molar-refractivity contribution < 1.29 is 34.0 Å². The molecule has 2 aromatic rings. The van der Waals surface area contributed by atoms with Crippen LogP contribution in [0.25, 0.3) is 0 Å². The van der Waals surface area contributed by atoms with Gasteiger partial charge in [0, 0.05) is 29.7 Å². The number of carbonyl (C=O) groups excluding carboxylic acids is 1. The van der Waals surface area contributed by atoms with Gasteiger partial charge in [0.15, 0.2) is 5.56 Å². The summed E-state index contributed by atoms with van der Waals surface area (Å²) in [4.78, 5) is 25.6. The molecule has 0 saturated heterocycles. The fraction of sp³-hybridized carbons (Fsp3) is 0.421. The molecule has 0 aliphatic carbocycles. The van der Waals surface area contributed by atoms with Crippen molar-refractivity contribution in [3.05, 3.63) is 39.6 Å². The molecular weight excluding hydrogens is 511 g/mol. The van der Waals surface area contributed by atoms with Crippen LogP contribution in [0.4, 0.5) is 14.2 Å². The molecule has 0 bridgehead atoms. The van der Waals surface area contributed by atoms with E-state index in [1.54, 1.807) is 6.07 Å². The molecule has 0 fully saturated rings. The van der Waals surface area contributed by atoms with Crippen molar-refractivity contribution in [2.45, 2.75) is 13.0 Å². The topological polar surface area (TPSA) is 144 Å². The Hall–Kier alpha value is -2.32. The van der Waals surface area contributed by atoms with Gasteiger partial charge in [0.2, 0.25) is 5.88 Å². The van der Waals surface area contributed by atoms with Crippen LogP contribution in [0.1, 0.15) is 22.3 Å². The summed E-state index contributed by atoms with van der Waals surface area (Å²) < 4.78 is 23.8. The Balaban J connectivity index is 1.90. The number of nitrogens with zero attached hydrogens (tertiary/aromatic N) is 2. The standard InChI is InChI=1S/C19H24BrFN4O6S/c20-13-3-2-12(14(21)10-13)11-31-16-15(18(28)29)17(32-24-16)23-19(30)22-4-1-5-25(6-8-26)7-9-27/h2-3,10,26-27H,1,4-9,11H2,(H,28,29)(H2,22,23,30). The highest BCUT2D eigenvalue weighted by atomic mass is 79.9. The lowest BCUT2D eigenvalue weighted by molar-refractivity contribution is 0.0693. The lowest BCUT2D eigenvalue weighted by atomic mass is 10.2. The number of carboxylic acids is 1. The molecule has 13 heteroatoms. The average molecular weight is 535 g/mol. The first-order valence-electron chi connectivity index (χ1n) is 9.64. The Morgan fingerprint density at radius 1 is 1.22 bits per heavy atom. The number of nitrogens with one attached hydrogen (secondary N) is 2. The van der Waals surface area contributed by atoms with E-state index in [0.29, 0.717) is 37.1 Å². The Morgan fingerprint density at radius 3 is 2.56 bits per heavy atom. The predicted octanol–water partition coefficient (Wildman–Crippen LogP) is 2.12. The minimum atomic E-state index is -1.34. The number of anilines is 1. The smallest absolute Gasteiger partial charge is 0.344 e. The first kappa shape index (κ1) is 25.9. The number of aliphatic hydroxyl groups excluding tert-OH is 2. The monoisotopic (exact) mass is 534 g/mol. The van der Waals surface area contributed by atoms with Crippen LogP contribution >= 0.6 is 27.5 Å². The summed E-state index contributed by atoms with van der Waals surface area (Å²) in [7, 11) is 0. The largest absolute Gasteiger partial charge is 0.477 e. The quantitative estimate of drug-likeness (QED) is 0.246. The van der Waals surface area contributed by atoms with Crippen LogP contribution < -0.4 is 15.4 Å². The van der Waals surface area contributed by atoms with Crippen molar-refractivity contribution in [2.24, 2.45) is 0 Å². The van der Waals surface area contributed by atoms with E-state index < -0.39 is 17.8 Å². The first-order chi connectivity index (χ1) is 15.3. The maximum Gasteiger partial charge on any atom is 0.344 e. The number of aliphatic hydroxyl groups is 2. The molecule has 0 saturated carbocycles. The van der Waals surface area contributed by atoms with E-state index in [0.717, 1.165) is 11.5 Å². The van der Waals surface area contributed by atoms with Crippen molar-refractivity contribution in [3.63, 3.8) is 0 Å². The molecule has 1 aromatic carbocycles. The van der Waals surface area contributed by atoms with Crippen LogP contribution in [0.15, 0.2) is 22.7 Å². The number of aromatic nitrogens is 1. The second kappa shape index (κ2) is 13.3. The van der Waals surface area contributed by atoms with Crippen LogP contribution in [0, 0.1) is 5.82 Å². The van der Waals surface area contributed by atoms with E-state index in [1.165, 1.54) is 12.1 Å². The molecule has 0 atom stereocenters. The number of ether oxygens (including phenoxy) is 1. The molecular formula is C19H24BrFN4O6S. The third-order valence-corrected chi connectivity index (χ3v) is 5.49. The number of halogens is 2. The normalized spacial score (nSPS) is 10.9. The van der Waals surface area contributed by atoms with Gasteiger partial charge in [-0.3, -0.25) is 10.2 Å². The number of rotatable bonds is 13. The molecule has 0 unspecified atom stereocenters. The minimum Gasteiger partial charge on any atom is -0.477 e. The minimum absolute atomic E-state index is 0.0107. The van der Waals surface area contributed by atoms with E-state index in [2.05, 4.69) is 30.9 Å². The van der Waals surface area contributed by atoms with Gasteiger partial charge in [-0.05, 0) is 36.6 Å². The number of aromatic carboxylic acids is 1. The highest BCUT2D eigenvalue weighted by Gasteiger charge is 2.23. The van der Waals surface area contributed by atoms with E-state index >= 15 is 0 Å². The zero-order valence-electron chi connectivity index (χ0n) is 17.0. The Kier molecular flexibility index (Phi) is 10.8. The van der Waals surface area contributed by atoms with Crippen molar-refractivity contribution >= 4 is 44.5 Å². The van der Waals surface area contributed by atoms with Gasteiger partial charge in [0.05, 0.1) is 13.2 Å². The highest BCUT2D eigenvalue weighted by molar-refractivity contribution is 9.10. The number of benzene rings is 1. The van der Waals surface area contributed by atoms with Gasteiger partial charge in [0.1, 0.15) is 17.4 Å². The van der Waals surface area contributed by atoms with Gasteiger partial charge in [-0.25, -0.2) is 14.0 Å². The molecule has 2 amide bonds. The van der Waals surface area contributed by atoms with Crippen molar-refractivity contribution in [2.75, 3.05) is 44.7 Å². The zero-order valence-corrected chi connectivity index (χ0v) is 19.4. The fourth-order valence-corrected chi connectivity index (χ4v) is 3.76. The Bertz CT molecular complexity index is 910. The molecule has 32 heavy (non-hydrogen) atoms. The Morgan fingerprint density at radius 2 is 1.94 bits per heavy atom. The molecule has 0 spiro atoms. The van der Waals surface area contributed by atoms with E-state index in [9.17, 15) is 19.1 Å². The third kappa shape index (κ3) is 7.98. The highest BCUT2D eigenvalue weighted by Crippen LogP contribution is 2.31. The predicted molar refractivity (Wildman–Crippen MR) is 120 cm³/mol. The summed E-state index contributed by atoms with van der Waals surface area (Å²) in [5.74, 6) is -2.08. The van der Waals surface area contributed by atoms with Gasteiger partial charge in [-0.1, -0.05) is 22.0 Å². The molecule has 0 aliphatic heterocycles. The van der Waals surface area contributed by atoms with Crippen molar-refractivity contribution in [3.8, 4) is 5.88 Å². The van der Waals surface area contributed by atoms with Crippen LogP contribution in [0.5, 0.6) is 5.88 Å². The van der Waals surface area contributed by atoms with Crippen LogP contribution in [0.3, 0.4) is 0 Å². The lowest BCUT2D eigenvalue weighted by Gasteiger charge is -2.19. The van der Waals surface area contributed by atoms with Gasteiger partial charge in [-0.2, -0.15) is 4.37 Å². The number of carbonyl (C=O) groups is 2. The maximum absolute atomic E-state index is 13.9. The molecule has 0 radical (unpaired) electrons. The molecule has 176 valence electrons. The van der Waals surface area contributed by atoms with Crippen molar-refractivity contribution in [1.29, 1.82) is 0 Å². The summed E-state index contributed by atoms with van der Waals surface area (Å²) in [6, 6.07) is 3.78. The molecule has 1 aromatic heterocycles. The summed E-state index contributed by atoms with van der Waals surface area (Å²) >= 11 is 3.89. The number of hydrogen-bond acceptors (Lipinski definition) is 8. The van der Waals surface area contributed by atoms with E-state index in [-0.39, 0.29) is 41.8 Å². The van der Waals surface area contributed by atoms with E-state index in [1.807, 2.05) is 4.90 Å². The SMILES string of the molecule is O=C(NCCCN(CCO)CCO)Nc1snc(OCc2ccc(Br)cc2F)c1C(=O)O. The molecule has 5 N–H and O–H groups in total. The Labute approximate surface area is 196 Å². The summed E-state index contributed by atoms with van der Waals surface area (Å²) in [6.07, 6.45) is 0.564.